The smallest absolute Gasteiger partial charge is 0.281 e. The van der Waals surface area contributed by atoms with Crippen molar-refractivity contribution in [3.8, 4) is 0 Å². The normalized spacial score (nSPS) is 12.7. The van der Waals surface area contributed by atoms with Crippen molar-refractivity contribution in [3.63, 3.8) is 0 Å². The zero-order valence-electron chi connectivity index (χ0n) is 27.5. The maximum atomic E-state index is 10.1. The van der Waals surface area contributed by atoms with Crippen LogP contribution in [0, 0.1) is 0 Å². The monoisotopic (exact) mass is 583 g/mol. The predicted molar refractivity (Wildman–Crippen MR) is 174 cm³/mol. The molecular formula is C36H70O5. The molecule has 2 atom stereocenters. The van der Waals surface area contributed by atoms with E-state index in [-0.39, 0.29) is 11.9 Å². The first kappa shape index (κ1) is 39.8. The molecule has 0 rings (SSSR count). The molecule has 2 N–H and O–H groups in total. The second-order valence-corrected chi connectivity index (χ2v) is 12.1. The van der Waals surface area contributed by atoms with Crippen LogP contribution < -0.4 is 0 Å². The number of aliphatic hydroxyl groups excluding tert-OH is 2. The van der Waals surface area contributed by atoms with Crippen LogP contribution in [-0.4, -0.2) is 22.8 Å². The molecule has 0 heterocycles. The second-order valence-electron chi connectivity index (χ2n) is 12.1. The van der Waals surface area contributed by atoms with Crippen LogP contribution in [-0.2, 0) is 14.2 Å². The van der Waals surface area contributed by atoms with Gasteiger partial charge < -0.3 is 24.4 Å². The highest BCUT2D eigenvalue weighted by Gasteiger charge is 2.12. The first-order chi connectivity index (χ1) is 20.0. The molecule has 0 radical (unpaired) electrons. The molecule has 0 amide bonds. The van der Waals surface area contributed by atoms with Gasteiger partial charge in [0.1, 0.15) is 0 Å². The molecule has 5 heteroatoms. The summed E-state index contributed by atoms with van der Waals surface area (Å²) < 4.78 is 15.9. The number of rotatable bonds is 34. The molecule has 0 aliphatic rings. The lowest BCUT2D eigenvalue weighted by atomic mass is 10.0. The van der Waals surface area contributed by atoms with Crippen molar-refractivity contribution in [2.24, 2.45) is 0 Å². The molecule has 0 aliphatic heterocycles. The van der Waals surface area contributed by atoms with Gasteiger partial charge in [-0.1, -0.05) is 168 Å². The fourth-order valence-corrected chi connectivity index (χ4v) is 5.27. The highest BCUT2D eigenvalue weighted by Crippen LogP contribution is 2.17. The minimum atomic E-state index is -0.960. The van der Waals surface area contributed by atoms with E-state index in [1.165, 1.54) is 141 Å². The molecule has 5 nitrogen and oxygen atoms in total. The number of hydrogen-bond acceptors (Lipinski definition) is 5. The Morgan fingerprint density at radius 3 is 0.878 bits per heavy atom. The van der Waals surface area contributed by atoms with Crippen molar-refractivity contribution in [1.82, 2.24) is 0 Å². The summed E-state index contributed by atoms with van der Waals surface area (Å²) in [4.78, 5) is 0. The molecule has 41 heavy (non-hydrogen) atoms. The van der Waals surface area contributed by atoms with E-state index in [0.717, 1.165) is 25.7 Å². The molecule has 0 aromatic rings. The van der Waals surface area contributed by atoms with Crippen molar-refractivity contribution in [3.05, 3.63) is 25.0 Å². The van der Waals surface area contributed by atoms with Crippen molar-refractivity contribution >= 4 is 0 Å². The number of unbranched alkanes of at least 4 members (excludes halogenated alkanes) is 24. The number of ether oxygens (including phenoxy) is 3. The van der Waals surface area contributed by atoms with Gasteiger partial charge in [0, 0.05) is 12.8 Å². The molecule has 2 unspecified atom stereocenters. The Balaban J connectivity index is 3.53. The molecule has 0 saturated carbocycles. The highest BCUT2D eigenvalue weighted by atomic mass is 16.8. The number of aliphatic hydroxyl groups is 2. The summed E-state index contributed by atoms with van der Waals surface area (Å²) in [5, 5.41) is 20.2. The Hall–Kier alpha value is -1.20. The van der Waals surface area contributed by atoms with E-state index in [1.807, 2.05) is 0 Å². The van der Waals surface area contributed by atoms with Gasteiger partial charge in [-0.2, -0.15) is 0 Å². The van der Waals surface area contributed by atoms with Gasteiger partial charge in [-0.05, 0) is 26.0 Å². The molecule has 0 aromatic carbocycles. The summed E-state index contributed by atoms with van der Waals surface area (Å²) in [6.07, 6.45) is 32.7. The quantitative estimate of drug-likeness (QED) is 0.0448. The zero-order chi connectivity index (χ0) is 30.2. The first-order valence-corrected chi connectivity index (χ1v) is 17.7. The van der Waals surface area contributed by atoms with Crippen molar-refractivity contribution in [2.75, 3.05) is 0 Å². The summed E-state index contributed by atoms with van der Waals surface area (Å²) in [5.74, 6) is -0.129. The SMILES string of the molecule is C=C(OC(=C)OC(O)CCCCCCCCCCCCCCC)OC(O)CCCCCCCCCCCCCCC. The third kappa shape index (κ3) is 31.6. The van der Waals surface area contributed by atoms with Crippen LogP contribution in [0.4, 0.5) is 0 Å². The van der Waals surface area contributed by atoms with E-state index < -0.39 is 12.6 Å². The second kappa shape index (κ2) is 31.7. The molecule has 244 valence electrons. The molecule has 0 aliphatic carbocycles. The third-order valence-corrected chi connectivity index (χ3v) is 7.87. The van der Waals surface area contributed by atoms with Gasteiger partial charge in [-0.15, -0.1) is 0 Å². The predicted octanol–water partition coefficient (Wildman–Crippen LogP) is 11.6. The molecule has 0 aromatic heterocycles. The lowest BCUT2D eigenvalue weighted by Gasteiger charge is -2.18. The minimum absolute atomic E-state index is 0.0645. The summed E-state index contributed by atoms with van der Waals surface area (Å²) in [6.45, 7) is 11.9. The van der Waals surface area contributed by atoms with E-state index in [4.69, 9.17) is 14.2 Å². The van der Waals surface area contributed by atoms with Gasteiger partial charge in [-0.25, -0.2) is 0 Å². The fraction of sp³-hybridized carbons (Fsp3) is 0.889. The molecular weight excluding hydrogens is 512 g/mol. The average molecular weight is 583 g/mol. The van der Waals surface area contributed by atoms with Crippen LogP contribution in [0.2, 0.25) is 0 Å². The van der Waals surface area contributed by atoms with Gasteiger partial charge in [0.2, 0.25) is 12.6 Å². The Morgan fingerprint density at radius 2 is 0.634 bits per heavy atom. The van der Waals surface area contributed by atoms with E-state index in [9.17, 15) is 10.2 Å². The average Bonchev–Trinajstić information content (AvgIpc) is 2.93. The van der Waals surface area contributed by atoms with Crippen LogP contribution in [0.25, 0.3) is 0 Å². The Kier molecular flexibility index (Phi) is 30.8. The third-order valence-electron chi connectivity index (χ3n) is 7.87. The van der Waals surface area contributed by atoms with Crippen LogP contribution in [0.5, 0.6) is 0 Å². The van der Waals surface area contributed by atoms with Gasteiger partial charge in [0.05, 0.1) is 0 Å². The van der Waals surface area contributed by atoms with Gasteiger partial charge in [-0.3, -0.25) is 0 Å². The summed E-state index contributed by atoms with van der Waals surface area (Å²) >= 11 is 0. The molecule has 0 spiro atoms. The lowest BCUT2D eigenvalue weighted by Crippen LogP contribution is -2.15. The van der Waals surface area contributed by atoms with Crippen LogP contribution in [0.1, 0.15) is 194 Å². The van der Waals surface area contributed by atoms with Crippen molar-refractivity contribution < 1.29 is 24.4 Å². The Morgan fingerprint density at radius 1 is 0.415 bits per heavy atom. The highest BCUT2D eigenvalue weighted by molar-refractivity contribution is 4.80. The van der Waals surface area contributed by atoms with E-state index in [2.05, 4.69) is 27.0 Å². The fourth-order valence-electron chi connectivity index (χ4n) is 5.27. The minimum Gasteiger partial charge on any atom is -0.436 e. The molecule has 0 bridgehead atoms. The summed E-state index contributed by atoms with van der Waals surface area (Å²) in [5.41, 5.74) is 0. The van der Waals surface area contributed by atoms with Crippen LogP contribution in [0.15, 0.2) is 25.0 Å². The van der Waals surface area contributed by atoms with E-state index in [1.54, 1.807) is 0 Å². The topological polar surface area (TPSA) is 68.2 Å². The maximum Gasteiger partial charge on any atom is 0.281 e. The summed E-state index contributed by atoms with van der Waals surface area (Å²) in [7, 11) is 0. The zero-order valence-corrected chi connectivity index (χ0v) is 27.5. The van der Waals surface area contributed by atoms with Gasteiger partial charge >= 0.3 is 0 Å². The first-order valence-electron chi connectivity index (χ1n) is 17.7. The van der Waals surface area contributed by atoms with Gasteiger partial charge in [0.25, 0.3) is 11.9 Å². The maximum absolute atomic E-state index is 10.1. The molecule has 0 saturated heterocycles. The van der Waals surface area contributed by atoms with Crippen molar-refractivity contribution in [1.29, 1.82) is 0 Å². The van der Waals surface area contributed by atoms with Crippen LogP contribution >= 0.6 is 0 Å². The van der Waals surface area contributed by atoms with E-state index >= 15 is 0 Å². The Labute approximate surface area is 255 Å². The van der Waals surface area contributed by atoms with Crippen LogP contribution in [0.3, 0.4) is 0 Å². The standard InChI is InChI=1S/C36H70O5/c1-5-7-9-11-13-15-17-19-21-23-25-27-29-31-35(37)40-33(3)39-34(4)41-36(38)32-30-28-26-24-22-20-18-16-14-12-10-8-6-2/h35-38H,3-32H2,1-2H3. The summed E-state index contributed by atoms with van der Waals surface area (Å²) in [6, 6.07) is 0. The number of hydrogen-bond donors (Lipinski definition) is 2. The largest absolute Gasteiger partial charge is 0.436 e. The Bertz CT molecular complexity index is 516. The lowest BCUT2D eigenvalue weighted by molar-refractivity contribution is -0.150. The van der Waals surface area contributed by atoms with Gasteiger partial charge in [0.15, 0.2) is 0 Å². The van der Waals surface area contributed by atoms with E-state index in [0.29, 0.717) is 12.8 Å². The molecule has 0 fully saturated rings. The van der Waals surface area contributed by atoms with Crippen molar-refractivity contribution in [2.45, 2.75) is 206 Å².